The zero-order valence-corrected chi connectivity index (χ0v) is 15.9. The second kappa shape index (κ2) is 7.07. The highest BCUT2D eigenvalue weighted by atomic mass is 16.2. The molecule has 140 valence electrons. The van der Waals surface area contributed by atoms with Crippen molar-refractivity contribution in [3.63, 3.8) is 0 Å². The van der Waals surface area contributed by atoms with E-state index >= 15 is 0 Å². The van der Waals surface area contributed by atoms with Crippen LogP contribution in [0.3, 0.4) is 0 Å². The first-order valence-corrected chi connectivity index (χ1v) is 9.02. The summed E-state index contributed by atoms with van der Waals surface area (Å²) >= 11 is 0. The molecule has 2 aromatic rings. The second-order valence-electron chi connectivity index (χ2n) is 8.34. The SMILES string of the molecule is CC1(C)CC(NC(=O)NCc2ccc(-n3ccnn3)cc2)CC(C)(C)N1. The van der Waals surface area contributed by atoms with E-state index in [4.69, 9.17) is 0 Å². The van der Waals surface area contributed by atoms with Crippen molar-refractivity contribution in [1.82, 2.24) is 30.9 Å². The van der Waals surface area contributed by atoms with E-state index in [1.165, 1.54) is 0 Å². The van der Waals surface area contributed by atoms with Crippen LogP contribution in [0.1, 0.15) is 46.1 Å². The topological polar surface area (TPSA) is 83.9 Å². The van der Waals surface area contributed by atoms with Crippen molar-refractivity contribution in [3.05, 3.63) is 42.2 Å². The molecule has 0 spiro atoms. The number of urea groups is 1. The van der Waals surface area contributed by atoms with E-state index in [1.54, 1.807) is 17.1 Å². The molecule has 1 aliphatic rings. The van der Waals surface area contributed by atoms with Crippen molar-refractivity contribution in [2.45, 2.75) is 64.2 Å². The molecule has 3 rings (SSSR count). The number of benzene rings is 1. The Morgan fingerprint density at radius 1 is 1.19 bits per heavy atom. The standard InChI is InChI=1S/C19H28N6O/c1-18(2)11-15(12-19(3,4)23-18)22-17(26)20-13-14-5-7-16(8-6-14)25-10-9-21-24-25/h5-10,15,23H,11-13H2,1-4H3,(H2,20,22,26). The van der Waals surface area contributed by atoms with E-state index in [-0.39, 0.29) is 23.2 Å². The number of carbonyl (C=O) groups is 1. The summed E-state index contributed by atoms with van der Waals surface area (Å²) < 4.78 is 1.70. The van der Waals surface area contributed by atoms with Crippen LogP contribution < -0.4 is 16.0 Å². The van der Waals surface area contributed by atoms with Crippen LogP contribution in [0, 0.1) is 0 Å². The van der Waals surface area contributed by atoms with Gasteiger partial charge in [-0.05, 0) is 58.2 Å². The Morgan fingerprint density at radius 2 is 1.85 bits per heavy atom. The molecule has 7 heteroatoms. The fraction of sp³-hybridized carbons (Fsp3) is 0.526. The Hall–Kier alpha value is -2.41. The van der Waals surface area contributed by atoms with Gasteiger partial charge in [0.05, 0.1) is 18.1 Å². The molecule has 2 amide bonds. The molecule has 26 heavy (non-hydrogen) atoms. The van der Waals surface area contributed by atoms with Crippen molar-refractivity contribution in [1.29, 1.82) is 0 Å². The maximum Gasteiger partial charge on any atom is 0.315 e. The molecular formula is C19H28N6O. The van der Waals surface area contributed by atoms with Gasteiger partial charge in [0.15, 0.2) is 0 Å². The van der Waals surface area contributed by atoms with Gasteiger partial charge in [0.2, 0.25) is 0 Å². The molecule has 1 saturated heterocycles. The zero-order valence-electron chi connectivity index (χ0n) is 15.9. The molecule has 0 unspecified atom stereocenters. The predicted molar refractivity (Wildman–Crippen MR) is 101 cm³/mol. The van der Waals surface area contributed by atoms with Crippen LogP contribution in [0.2, 0.25) is 0 Å². The largest absolute Gasteiger partial charge is 0.335 e. The van der Waals surface area contributed by atoms with E-state index in [0.29, 0.717) is 6.54 Å². The fourth-order valence-electron chi connectivity index (χ4n) is 3.96. The summed E-state index contributed by atoms with van der Waals surface area (Å²) in [7, 11) is 0. The molecular weight excluding hydrogens is 328 g/mol. The number of carbonyl (C=O) groups excluding carboxylic acids is 1. The van der Waals surface area contributed by atoms with Gasteiger partial charge >= 0.3 is 6.03 Å². The normalized spacial score (nSPS) is 19.1. The molecule has 1 aromatic heterocycles. The summed E-state index contributed by atoms with van der Waals surface area (Å²) in [6.45, 7) is 9.20. The Kier molecular flexibility index (Phi) is 5.00. The summed E-state index contributed by atoms with van der Waals surface area (Å²) in [5, 5.41) is 17.5. The lowest BCUT2D eigenvalue weighted by atomic mass is 9.80. The molecule has 1 fully saturated rings. The van der Waals surface area contributed by atoms with Crippen molar-refractivity contribution >= 4 is 6.03 Å². The fourth-order valence-corrected chi connectivity index (χ4v) is 3.96. The average molecular weight is 356 g/mol. The lowest BCUT2D eigenvalue weighted by Gasteiger charge is -2.46. The zero-order chi connectivity index (χ0) is 18.8. The third-order valence-electron chi connectivity index (χ3n) is 4.60. The predicted octanol–water partition coefficient (Wildman–Crippen LogP) is 2.38. The average Bonchev–Trinajstić information content (AvgIpc) is 3.04. The van der Waals surface area contributed by atoms with Gasteiger partial charge < -0.3 is 16.0 Å². The number of nitrogens with one attached hydrogen (secondary N) is 3. The van der Waals surface area contributed by atoms with Crippen molar-refractivity contribution in [2.24, 2.45) is 0 Å². The van der Waals surface area contributed by atoms with Gasteiger partial charge in [-0.2, -0.15) is 0 Å². The minimum atomic E-state index is -0.121. The highest BCUT2D eigenvalue weighted by molar-refractivity contribution is 5.74. The second-order valence-corrected chi connectivity index (χ2v) is 8.34. The van der Waals surface area contributed by atoms with Crippen LogP contribution in [0.5, 0.6) is 0 Å². The maximum atomic E-state index is 12.3. The van der Waals surface area contributed by atoms with Crippen LogP contribution in [0.4, 0.5) is 4.79 Å². The molecule has 0 atom stereocenters. The quantitative estimate of drug-likeness (QED) is 0.785. The molecule has 0 aliphatic carbocycles. The highest BCUT2D eigenvalue weighted by Crippen LogP contribution is 2.28. The van der Waals surface area contributed by atoms with Gasteiger partial charge in [0, 0.05) is 23.7 Å². The minimum absolute atomic E-state index is 0.0108. The molecule has 0 saturated carbocycles. The van der Waals surface area contributed by atoms with Gasteiger partial charge in [-0.3, -0.25) is 0 Å². The van der Waals surface area contributed by atoms with E-state index in [0.717, 1.165) is 24.1 Å². The van der Waals surface area contributed by atoms with Crippen LogP contribution in [0.25, 0.3) is 5.69 Å². The van der Waals surface area contributed by atoms with E-state index in [1.807, 2.05) is 24.3 Å². The summed E-state index contributed by atoms with van der Waals surface area (Å²) in [6.07, 6.45) is 5.26. The molecule has 2 heterocycles. The van der Waals surface area contributed by atoms with Crippen molar-refractivity contribution < 1.29 is 4.79 Å². The van der Waals surface area contributed by atoms with Crippen LogP contribution >= 0.6 is 0 Å². The van der Waals surface area contributed by atoms with Crippen molar-refractivity contribution in [3.8, 4) is 5.69 Å². The number of hydrogen-bond acceptors (Lipinski definition) is 4. The third-order valence-corrected chi connectivity index (χ3v) is 4.60. The molecule has 0 bridgehead atoms. The molecule has 3 N–H and O–H groups in total. The number of piperidine rings is 1. The third kappa shape index (κ3) is 4.82. The minimum Gasteiger partial charge on any atom is -0.335 e. The Bertz CT molecular complexity index is 720. The highest BCUT2D eigenvalue weighted by Gasteiger charge is 2.38. The Labute approximate surface area is 154 Å². The summed E-state index contributed by atoms with van der Waals surface area (Å²) in [6, 6.07) is 7.92. The van der Waals surface area contributed by atoms with E-state index < -0.39 is 0 Å². The van der Waals surface area contributed by atoms with Crippen LogP contribution in [0.15, 0.2) is 36.7 Å². The number of nitrogens with zero attached hydrogens (tertiary/aromatic N) is 3. The molecule has 0 radical (unpaired) electrons. The van der Waals surface area contributed by atoms with Crippen LogP contribution in [-0.4, -0.2) is 38.1 Å². The summed E-state index contributed by atoms with van der Waals surface area (Å²) in [5.41, 5.74) is 2.00. The molecule has 1 aromatic carbocycles. The smallest absolute Gasteiger partial charge is 0.315 e. The van der Waals surface area contributed by atoms with Gasteiger partial charge in [0.1, 0.15) is 0 Å². The molecule has 1 aliphatic heterocycles. The number of hydrogen-bond donors (Lipinski definition) is 3. The Balaban J connectivity index is 1.51. The van der Waals surface area contributed by atoms with Crippen molar-refractivity contribution in [2.75, 3.05) is 0 Å². The van der Waals surface area contributed by atoms with Gasteiger partial charge in [-0.15, -0.1) is 5.10 Å². The maximum absolute atomic E-state index is 12.3. The molecule has 7 nitrogen and oxygen atoms in total. The monoisotopic (exact) mass is 356 g/mol. The lowest BCUT2D eigenvalue weighted by Crippen LogP contribution is -2.62. The summed E-state index contributed by atoms with van der Waals surface area (Å²) in [5.74, 6) is 0. The van der Waals surface area contributed by atoms with E-state index in [2.05, 4.69) is 54.0 Å². The van der Waals surface area contributed by atoms with Gasteiger partial charge in [0.25, 0.3) is 0 Å². The van der Waals surface area contributed by atoms with Gasteiger partial charge in [-0.1, -0.05) is 17.3 Å². The first-order chi connectivity index (χ1) is 12.2. The first kappa shape index (κ1) is 18.4. The number of rotatable bonds is 4. The van der Waals surface area contributed by atoms with E-state index in [9.17, 15) is 4.79 Å². The number of aromatic nitrogens is 3. The lowest BCUT2D eigenvalue weighted by molar-refractivity contribution is 0.147. The van der Waals surface area contributed by atoms with Crippen LogP contribution in [-0.2, 0) is 6.54 Å². The summed E-state index contributed by atoms with van der Waals surface area (Å²) in [4.78, 5) is 12.3. The number of amides is 2. The van der Waals surface area contributed by atoms with Gasteiger partial charge in [-0.25, -0.2) is 9.48 Å². The Morgan fingerprint density at radius 3 is 2.42 bits per heavy atom. The first-order valence-electron chi connectivity index (χ1n) is 9.02.